The molecule has 0 radical (unpaired) electrons. The quantitative estimate of drug-likeness (QED) is 0.751. The number of hydrogen-bond donors (Lipinski definition) is 1. The lowest BCUT2D eigenvalue weighted by atomic mass is 10.0. The molecule has 4 nitrogen and oxygen atoms in total. The second kappa shape index (κ2) is 8.82. The fourth-order valence-electron chi connectivity index (χ4n) is 2.19. The van der Waals surface area contributed by atoms with Crippen LogP contribution in [0.15, 0.2) is 49.6 Å². The Labute approximate surface area is 132 Å². The maximum absolute atomic E-state index is 12.4. The lowest BCUT2D eigenvalue weighted by Crippen LogP contribution is -2.36. The van der Waals surface area contributed by atoms with E-state index in [2.05, 4.69) is 18.5 Å². The summed E-state index contributed by atoms with van der Waals surface area (Å²) in [6.07, 6.45) is 3.58. The first-order valence-corrected chi connectivity index (χ1v) is 7.31. The molecule has 1 unspecified atom stereocenters. The Morgan fingerprint density at radius 1 is 1.18 bits per heavy atom. The predicted octanol–water partition coefficient (Wildman–Crippen LogP) is 2.76. The first-order chi connectivity index (χ1) is 10.5. The van der Waals surface area contributed by atoms with Crippen molar-refractivity contribution in [2.45, 2.75) is 26.3 Å². The zero-order chi connectivity index (χ0) is 16.5. The summed E-state index contributed by atoms with van der Waals surface area (Å²) < 4.78 is 0. The summed E-state index contributed by atoms with van der Waals surface area (Å²) in [5.74, 6) is -0.198. The van der Waals surface area contributed by atoms with Crippen molar-refractivity contribution in [2.75, 3.05) is 13.1 Å². The van der Waals surface area contributed by atoms with Gasteiger partial charge in [0.05, 0.1) is 12.5 Å². The van der Waals surface area contributed by atoms with E-state index in [9.17, 15) is 9.59 Å². The summed E-state index contributed by atoms with van der Waals surface area (Å²) >= 11 is 0. The summed E-state index contributed by atoms with van der Waals surface area (Å²) in [5, 5.41) is 2.85. The van der Waals surface area contributed by atoms with Crippen LogP contribution in [0.3, 0.4) is 0 Å². The van der Waals surface area contributed by atoms with Crippen LogP contribution in [0.5, 0.6) is 0 Å². The Morgan fingerprint density at radius 2 is 1.73 bits per heavy atom. The maximum Gasteiger partial charge on any atom is 0.225 e. The number of benzene rings is 1. The topological polar surface area (TPSA) is 49.4 Å². The fourth-order valence-corrected chi connectivity index (χ4v) is 2.19. The predicted molar refractivity (Wildman–Crippen MR) is 89.3 cm³/mol. The molecule has 1 aromatic rings. The Kier molecular flexibility index (Phi) is 7.09. The van der Waals surface area contributed by atoms with Gasteiger partial charge in [-0.05, 0) is 12.5 Å². The van der Waals surface area contributed by atoms with E-state index >= 15 is 0 Å². The number of nitrogens with zero attached hydrogens (tertiary/aromatic N) is 1. The SMILES string of the molecule is C=CCN(CC=C)C(=O)CC(NC(C)=O)c1ccc(C)cc1. The van der Waals surface area contributed by atoms with Gasteiger partial charge in [-0.1, -0.05) is 42.0 Å². The van der Waals surface area contributed by atoms with E-state index in [1.54, 1.807) is 17.1 Å². The molecule has 2 amide bonds. The zero-order valence-electron chi connectivity index (χ0n) is 13.3. The van der Waals surface area contributed by atoms with E-state index < -0.39 is 0 Å². The summed E-state index contributed by atoms with van der Waals surface area (Å²) in [6.45, 7) is 11.7. The van der Waals surface area contributed by atoms with Crippen molar-refractivity contribution in [2.24, 2.45) is 0 Å². The van der Waals surface area contributed by atoms with Crippen molar-refractivity contribution >= 4 is 11.8 Å². The smallest absolute Gasteiger partial charge is 0.225 e. The van der Waals surface area contributed by atoms with E-state index in [4.69, 9.17) is 0 Å². The summed E-state index contributed by atoms with van der Waals surface area (Å²) in [6, 6.07) is 7.49. The fraction of sp³-hybridized carbons (Fsp3) is 0.333. The molecule has 1 aromatic carbocycles. The second-order valence-electron chi connectivity index (χ2n) is 5.24. The van der Waals surface area contributed by atoms with Gasteiger partial charge in [-0.25, -0.2) is 0 Å². The molecule has 0 bridgehead atoms. The van der Waals surface area contributed by atoms with Crippen LogP contribution < -0.4 is 5.32 Å². The molecule has 0 saturated heterocycles. The average Bonchev–Trinajstić information content (AvgIpc) is 2.46. The molecule has 1 atom stereocenters. The van der Waals surface area contributed by atoms with E-state index in [1.165, 1.54) is 6.92 Å². The van der Waals surface area contributed by atoms with Crippen molar-refractivity contribution in [3.8, 4) is 0 Å². The van der Waals surface area contributed by atoms with Crippen LogP contribution in [-0.2, 0) is 9.59 Å². The van der Waals surface area contributed by atoms with Crippen molar-refractivity contribution in [1.82, 2.24) is 10.2 Å². The lowest BCUT2D eigenvalue weighted by molar-refractivity contribution is -0.131. The van der Waals surface area contributed by atoms with E-state index in [1.807, 2.05) is 31.2 Å². The van der Waals surface area contributed by atoms with Gasteiger partial charge in [-0.15, -0.1) is 13.2 Å². The van der Waals surface area contributed by atoms with Crippen molar-refractivity contribution in [3.63, 3.8) is 0 Å². The summed E-state index contributed by atoms with van der Waals surface area (Å²) in [7, 11) is 0. The highest BCUT2D eigenvalue weighted by molar-refractivity contribution is 5.79. The molecular weight excluding hydrogens is 276 g/mol. The number of carbonyl (C=O) groups excluding carboxylic acids is 2. The molecule has 1 rings (SSSR count). The molecule has 0 saturated carbocycles. The molecule has 0 spiro atoms. The third kappa shape index (κ3) is 5.56. The van der Waals surface area contributed by atoms with E-state index in [0.29, 0.717) is 13.1 Å². The number of nitrogens with one attached hydrogen (secondary N) is 1. The van der Waals surface area contributed by atoms with E-state index in [0.717, 1.165) is 11.1 Å². The van der Waals surface area contributed by atoms with Crippen LogP contribution in [0.1, 0.15) is 30.5 Å². The Hall–Kier alpha value is -2.36. The summed E-state index contributed by atoms with van der Waals surface area (Å²) in [4.78, 5) is 25.5. The first kappa shape index (κ1) is 17.7. The van der Waals surface area contributed by atoms with Crippen LogP contribution in [-0.4, -0.2) is 29.8 Å². The number of aryl methyl sites for hydroxylation is 1. The molecule has 0 aliphatic rings. The van der Waals surface area contributed by atoms with Gasteiger partial charge in [0, 0.05) is 20.0 Å². The van der Waals surface area contributed by atoms with Gasteiger partial charge < -0.3 is 10.2 Å². The van der Waals surface area contributed by atoms with Gasteiger partial charge in [0.15, 0.2) is 0 Å². The van der Waals surface area contributed by atoms with Crippen molar-refractivity contribution in [1.29, 1.82) is 0 Å². The van der Waals surface area contributed by atoms with Gasteiger partial charge in [-0.2, -0.15) is 0 Å². The molecule has 0 fully saturated rings. The molecule has 0 aliphatic heterocycles. The Morgan fingerprint density at radius 3 is 2.18 bits per heavy atom. The largest absolute Gasteiger partial charge is 0.349 e. The van der Waals surface area contributed by atoms with Crippen LogP contribution in [0, 0.1) is 6.92 Å². The molecule has 22 heavy (non-hydrogen) atoms. The number of amides is 2. The number of hydrogen-bond acceptors (Lipinski definition) is 2. The zero-order valence-corrected chi connectivity index (χ0v) is 13.3. The molecule has 0 aliphatic carbocycles. The van der Waals surface area contributed by atoms with Gasteiger partial charge in [-0.3, -0.25) is 9.59 Å². The first-order valence-electron chi connectivity index (χ1n) is 7.31. The molecule has 0 heterocycles. The van der Waals surface area contributed by atoms with Crippen LogP contribution in [0.4, 0.5) is 0 Å². The minimum Gasteiger partial charge on any atom is -0.349 e. The normalized spacial score (nSPS) is 11.4. The van der Waals surface area contributed by atoms with Gasteiger partial charge >= 0.3 is 0 Å². The second-order valence-corrected chi connectivity index (χ2v) is 5.24. The molecule has 1 N–H and O–H groups in total. The highest BCUT2D eigenvalue weighted by atomic mass is 16.2. The van der Waals surface area contributed by atoms with Crippen LogP contribution >= 0.6 is 0 Å². The van der Waals surface area contributed by atoms with Gasteiger partial charge in [0.1, 0.15) is 0 Å². The summed E-state index contributed by atoms with van der Waals surface area (Å²) in [5.41, 5.74) is 2.06. The van der Waals surface area contributed by atoms with Crippen LogP contribution in [0.25, 0.3) is 0 Å². The molecular formula is C18H24N2O2. The highest BCUT2D eigenvalue weighted by Gasteiger charge is 2.20. The standard InChI is InChI=1S/C18H24N2O2/c1-5-11-20(12-6-2)18(22)13-17(19-15(4)21)16-9-7-14(3)8-10-16/h5-10,17H,1-2,11-13H2,3-4H3,(H,19,21). The monoisotopic (exact) mass is 300 g/mol. The highest BCUT2D eigenvalue weighted by Crippen LogP contribution is 2.19. The third-order valence-electron chi connectivity index (χ3n) is 3.29. The molecule has 118 valence electrons. The van der Waals surface area contributed by atoms with Crippen molar-refractivity contribution < 1.29 is 9.59 Å². The minimum atomic E-state index is -0.331. The molecule has 0 aromatic heterocycles. The minimum absolute atomic E-state index is 0.0425. The number of rotatable bonds is 8. The molecule has 4 heteroatoms. The lowest BCUT2D eigenvalue weighted by Gasteiger charge is -2.24. The Bertz CT molecular complexity index is 525. The van der Waals surface area contributed by atoms with Gasteiger partial charge in [0.2, 0.25) is 11.8 Å². The van der Waals surface area contributed by atoms with Crippen LogP contribution in [0.2, 0.25) is 0 Å². The average molecular weight is 300 g/mol. The maximum atomic E-state index is 12.4. The van der Waals surface area contributed by atoms with E-state index in [-0.39, 0.29) is 24.3 Å². The third-order valence-corrected chi connectivity index (χ3v) is 3.29. The Balaban J connectivity index is 2.90. The van der Waals surface area contributed by atoms with Crippen molar-refractivity contribution in [3.05, 3.63) is 60.7 Å². The number of carbonyl (C=O) groups is 2. The van der Waals surface area contributed by atoms with Gasteiger partial charge in [0.25, 0.3) is 0 Å².